The van der Waals surface area contributed by atoms with Crippen LogP contribution in [0.3, 0.4) is 0 Å². The van der Waals surface area contributed by atoms with E-state index in [2.05, 4.69) is 11.8 Å². The third kappa shape index (κ3) is 2.79. The molecule has 1 saturated heterocycles. The Kier molecular flexibility index (Phi) is 4.82. The first-order valence-electron chi connectivity index (χ1n) is 8.73. The largest absolute Gasteiger partial charge is 0.496 e. The normalized spacial score (nSPS) is 21.6. The van der Waals surface area contributed by atoms with Crippen LogP contribution < -0.4 is 4.74 Å². The van der Waals surface area contributed by atoms with E-state index in [9.17, 15) is 4.79 Å². The first-order valence-corrected chi connectivity index (χ1v) is 8.73. The van der Waals surface area contributed by atoms with Crippen molar-refractivity contribution in [3.05, 3.63) is 28.8 Å². The summed E-state index contributed by atoms with van der Waals surface area (Å²) in [5.74, 6) is 1.26. The molecule has 0 spiro atoms. The number of hydrogen-bond donors (Lipinski definition) is 0. The molecule has 1 aliphatic heterocycles. The van der Waals surface area contributed by atoms with Crippen LogP contribution in [0.2, 0.25) is 0 Å². The van der Waals surface area contributed by atoms with Crippen LogP contribution in [-0.4, -0.2) is 30.9 Å². The Balaban J connectivity index is 2.06. The Morgan fingerprint density at radius 2 is 2.05 bits per heavy atom. The number of likely N-dealkylation sites (tertiary alicyclic amines) is 1. The number of fused-ring (bicyclic) bond motifs is 1. The summed E-state index contributed by atoms with van der Waals surface area (Å²) in [7, 11) is 1.74. The van der Waals surface area contributed by atoms with E-state index < -0.39 is 0 Å². The van der Waals surface area contributed by atoms with Gasteiger partial charge in [0.2, 0.25) is 0 Å². The molecule has 0 bridgehead atoms. The van der Waals surface area contributed by atoms with Crippen molar-refractivity contribution < 1.29 is 9.53 Å². The van der Waals surface area contributed by atoms with Gasteiger partial charge in [0.05, 0.1) is 7.11 Å². The van der Waals surface area contributed by atoms with Crippen molar-refractivity contribution in [3.8, 4) is 5.75 Å². The van der Waals surface area contributed by atoms with E-state index in [-0.39, 0.29) is 0 Å². The van der Waals surface area contributed by atoms with E-state index >= 15 is 0 Å². The molecule has 3 rings (SSSR count). The Labute approximate surface area is 133 Å². The number of benzene rings is 1. The molecule has 0 N–H and O–H groups in total. The summed E-state index contributed by atoms with van der Waals surface area (Å²) in [6, 6.07) is 4.41. The highest BCUT2D eigenvalue weighted by molar-refractivity contribution is 5.98. The van der Waals surface area contributed by atoms with Gasteiger partial charge in [0.25, 0.3) is 0 Å². The van der Waals surface area contributed by atoms with Gasteiger partial charge in [0.15, 0.2) is 5.78 Å². The van der Waals surface area contributed by atoms with Crippen molar-refractivity contribution in [2.45, 2.75) is 57.9 Å². The van der Waals surface area contributed by atoms with Crippen LogP contribution in [0.1, 0.15) is 73.0 Å². The summed E-state index contributed by atoms with van der Waals surface area (Å²) in [5, 5.41) is 0. The van der Waals surface area contributed by atoms with Crippen molar-refractivity contribution >= 4 is 5.78 Å². The van der Waals surface area contributed by atoms with Crippen LogP contribution in [0.15, 0.2) is 12.1 Å². The second kappa shape index (κ2) is 6.82. The molecule has 0 aromatic heterocycles. The molecular formula is C19H27NO2. The predicted octanol–water partition coefficient (Wildman–Crippen LogP) is 4.15. The fourth-order valence-corrected chi connectivity index (χ4v) is 4.11. The Bertz CT molecular complexity index is 547. The third-order valence-corrected chi connectivity index (χ3v) is 5.13. The average Bonchev–Trinajstić information content (AvgIpc) is 3.07. The van der Waals surface area contributed by atoms with Crippen molar-refractivity contribution in [2.75, 3.05) is 20.2 Å². The van der Waals surface area contributed by atoms with Gasteiger partial charge in [0, 0.05) is 18.0 Å². The summed E-state index contributed by atoms with van der Waals surface area (Å²) in [5.41, 5.74) is 3.52. The highest BCUT2D eigenvalue weighted by Gasteiger charge is 2.32. The molecule has 3 heteroatoms. The van der Waals surface area contributed by atoms with E-state index in [0.29, 0.717) is 18.2 Å². The molecule has 0 amide bonds. The maximum absolute atomic E-state index is 12.6. The molecule has 0 saturated carbocycles. The first kappa shape index (κ1) is 15.5. The fourth-order valence-electron chi connectivity index (χ4n) is 4.11. The summed E-state index contributed by atoms with van der Waals surface area (Å²) >= 11 is 0. The van der Waals surface area contributed by atoms with Gasteiger partial charge in [0.1, 0.15) is 5.75 Å². The Hall–Kier alpha value is -1.35. The second-order valence-electron chi connectivity index (χ2n) is 6.53. The molecule has 120 valence electrons. The van der Waals surface area contributed by atoms with Gasteiger partial charge in [-0.3, -0.25) is 9.69 Å². The van der Waals surface area contributed by atoms with Crippen molar-refractivity contribution in [2.24, 2.45) is 0 Å². The molecular weight excluding hydrogens is 274 g/mol. The van der Waals surface area contributed by atoms with Gasteiger partial charge in [-0.25, -0.2) is 0 Å². The highest BCUT2D eigenvalue weighted by atomic mass is 16.5. The van der Waals surface area contributed by atoms with E-state index in [1.807, 2.05) is 12.1 Å². The van der Waals surface area contributed by atoms with Crippen LogP contribution in [0.5, 0.6) is 5.75 Å². The number of nitrogens with zero attached hydrogens (tertiary/aromatic N) is 1. The lowest BCUT2D eigenvalue weighted by Gasteiger charge is -2.35. The topological polar surface area (TPSA) is 29.5 Å². The number of hydrogen-bond acceptors (Lipinski definition) is 3. The smallest absolute Gasteiger partial charge is 0.163 e. The fraction of sp³-hybridized carbons (Fsp3) is 0.632. The maximum atomic E-state index is 12.6. The van der Waals surface area contributed by atoms with E-state index in [4.69, 9.17) is 4.74 Å². The molecule has 1 aliphatic carbocycles. The lowest BCUT2D eigenvalue weighted by molar-refractivity contribution is 0.0977. The molecule has 1 fully saturated rings. The molecule has 22 heavy (non-hydrogen) atoms. The molecule has 1 atom stereocenters. The molecule has 2 aliphatic rings. The number of ether oxygens (including phenoxy) is 1. The van der Waals surface area contributed by atoms with E-state index in [0.717, 1.165) is 24.2 Å². The zero-order valence-corrected chi connectivity index (χ0v) is 13.9. The van der Waals surface area contributed by atoms with Gasteiger partial charge in [-0.15, -0.1) is 0 Å². The number of Topliss-reactive ketones (excluding diaryl/α,β-unsaturated/α-hetero) is 1. The quantitative estimate of drug-likeness (QED) is 0.765. The minimum Gasteiger partial charge on any atom is -0.496 e. The molecule has 1 aromatic carbocycles. The molecule has 3 nitrogen and oxygen atoms in total. The van der Waals surface area contributed by atoms with E-state index in [1.165, 1.54) is 49.9 Å². The van der Waals surface area contributed by atoms with Gasteiger partial charge in [-0.1, -0.05) is 6.92 Å². The summed E-state index contributed by atoms with van der Waals surface area (Å²) in [6.07, 6.45) is 7.53. The van der Waals surface area contributed by atoms with Crippen LogP contribution in [-0.2, 0) is 6.42 Å². The highest BCUT2D eigenvalue weighted by Crippen LogP contribution is 2.42. The third-order valence-electron chi connectivity index (χ3n) is 5.13. The number of carbonyl (C=O) groups is 1. The number of ketones is 1. The minimum absolute atomic E-state index is 0.299. The van der Waals surface area contributed by atoms with Gasteiger partial charge in [-0.2, -0.15) is 0 Å². The van der Waals surface area contributed by atoms with Crippen LogP contribution in [0, 0.1) is 0 Å². The molecule has 0 radical (unpaired) electrons. The lowest BCUT2D eigenvalue weighted by atomic mass is 9.81. The molecule has 1 aromatic rings. The summed E-state index contributed by atoms with van der Waals surface area (Å²) in [4.78, 5) is 15.2. The first-order chi connectivity index (χ1) is 10.8. The van der Waals surface area contributed by atoms with Crippen molar-refractivity contribution in [1.82, 2.24) is 4.90 Å². The standard InChI is InChI=1S/C19H27NO2/c1-3-7-17(21)14-10-11-18(22-2)15-8-6-9-16(19(14)15)20-12-4-5-13-20/h10-11,16H,3-9,12-13H2,1-2H3/t16-/m0/s1. The monoisotopic (exact) mass is 301 g/mol. The summed E-state index contributed by atoms with van der Waals surface area (Å²) < 4.78 is 5.59. The van der Waals surface area contributed by atoms with Crippen molar-refractivity contribution in [1.29, 1.82) is 0 Å². The second-order valence-corrected chi connectivity index (χ2v) is 6.53. The summed E-state index contributed by atoms with van der Waals surface area (Å²) in [6.45, 7) is 4.41. The lowest BCUT2D eigenvalue weighted by Crippen LogP contribution is -2.30. The zero-order chi connectivity index (χ0) is 15.5. The van der Waals surface area contributed by atoms with Gasteiger partial charge >= 0.3 is 0 Å². The maximum Gasteiger partial charge on any atom is 0.163 e. The van der Waals surface area contributed by atoms with Crippen LogP contribution in [0.25, 0.3) is 0 Å². The SMILES string of the molecule is CCCC(=O)c1ccc(OC)c2c1[C@@H](N1CCCC1)CCC2. The zero-order valence-electron chi connectivity index (χ0n) is 13.9. The average molecular weight is 301 g/mol. The molecule has 1 heterocycles. The number of rotatable bonds is 5. The predicted molar refractivity (Wildman–Crippen MR) is 88.7 cm³/mol. The van der Waals surface area contributed by atoms with Gasteiger partial charge in [-0.05, 0) is 74.9 Å². The minimum atomic E-state index is 0.299. The number of methoxy groups -OCH3 is 1. The Morgan fingerprint density at radius 3 is 2.73 bits per heavy atom. The Morgan fingerprint density at radius 1 is 1.27 bits per heavy atom. The molecule has 0 unspecified atom stereocenters. The van der Waals surface area contributed by atoms with Gasteiger partial charge < -0.3 is 4.74 Å². The van der Waals surface area contributed by atoms with E-state index in [1.54, 1.807) is 7.11 Å². The number of carbonyl (C=O) groups excluding carboxylic acids is 1. The van der Waals surface area contributed by atoms with Crippen LogP contribution in [0.4, 0.5) is 0 Å². The van der Waals surface area contributed by atoms with Crippen molar-refractivity contribution in [3.63, 3.8) is 0 Å². The van der Waals surface area contributed by atoms with Crippen LogP contribution >= 0.6 is 0 Å².